The standard InChI is InChI=1S/C15H25N3O3/c16-14(19)13-6-5-10(21-13)8-17-15(20)12-7-9-3-1-2-4-11(9)18-12/h9-13,18H,1-8H2,(H2,16,19)(H,17,20). The van der Waals surface area contributed by atoms with E-state index in [-0.39, 0.29) is 18.1 Å². The van der Waals surface area contributed by atoms with Gasteiger partial charge in [0.05, 0.1) is 12.1 Å². The normalized spacial score (nSPS) is 39.0. The third kappa shape index (κ3) is 3.37. The second kappa shape index (κ2) is 6.32. The number of carbonyl (C=O) groups is 2. The van der Waals surface area contributed by atoms with Crippen LogP contribution in [0.1, 0.15) is 44.9 Å². The molecule has 0 aromatic carbocycles. The lowest BCUT2D eigenvalue weighted by Crippen LogP contribution is -2.45. The Kier molecular flexibility index (Phi) is 4.45. The van der Waals surface area contributed by atoms with E-state index in [2.05, 4.69) is 10.6 Å². The first-order chi connectivity index (χ1) is 10.1. The van der Waals surface area contributed by atoms with Crippen LogP contribution in [0, 0.1) is 5.92 Å². The molecule has 6 heteroatoms. The number of nitrogens with two attached hydrogens (primary N) is 1. The van der Waals surface area contributed by atoms with Gasteiger partial charge in [-0.1, -0.05) is 12.8 Å². The SMILES string of the molecule is NC(=O)C1CCC(CNC(=O)C2CC3CCCCC3N2)O1. The minimum absolute atomic E-state index is 0.0635. The summed E-state index contributed by atoms with van der Waals surface area (Å²) in [6.45, 7) is 0.468. The molecule has 1 saturated carbocycles. The van der Waals surface area contributed by atoms with Gasteiger partial charge in [-0.05, 0) is 38.0 Å². The molecule has 0 bridgehead atoms. The van der Waals surface area contributed by atoms with Crippen LogP contribution in [0.3, 0.4) is 0 Å². The predicted molar refractivity (Wildman–Crippen MR) is 77.4 cm³/mol. The van der Waals surface area contributed by atoms with E-state index in [9.17, 15) is 9.59 Å². The number of hydrogen-bond acceptors (Lipinski definition) is 4. The van der Waals surface area contributed by atoms with Gasteiger partial charge in [-0.3, -0.25) is 9.59 Å². The Balaban J connectivity index is 1.42. The lowest BCUT2D eigenvalue weighted by Gasteiger charge is -2.24. The third-order valence-corrected chi connectivity index (χ3v) is 5.11. The number of primary amides is 1. The zero-order valence-electron chi connectivity index (χ0n) is 12.3. The van der Waals surface area contributed by atoms with Crippen LogP contribution in [0.2, 0.25) is 0 Å². The number of ether oxygens (including phenoxy) is 1. The fourth-order valence-electron chi connectivity index (χ4n) is 3.92. The molecule has 0 aromatic heterocycles. The highest BCUT2D eigenvalue weighted by Gasteiger charge is 2.38. The van der Waals surface area contributed by atoms with Crippen molar-refractivity contribution in [1.82, 2.24) is 10.6 Å². The molecule has 3 fully saturated rings. The molecule has 3 rings (SSSR count). The zero-order valence-corrected chi connectivity index (χ0v) is 12.3. The molecule has 1 aliphatic carbocycles. The summed E-state index contributed by atoms with van der Waals surface area (Å²) in [7, 11) is 0. The number of hydrogen-bond donors (Lipinski definition) is 3. The van der Waals surface area contributed by atoms with Crippen molar-refractivity contribution in [3.05, 3.63) is 0 Å². The van der Waals surface area contributed by atoms with Gasteiger partial charge in [0.1, 0.15) is 6.10 Å². The summed E-state index contributed by atoms with van der Waals surface area (Å²) in [6.07, 6.45) is 6.81. The van der Waals surface area contributed by atoms with Crippen molar-refractivity contribution in [1.29, 1.82) is 0 Å². The van der Waals surface area contributed by atoms with Crippen LogP contribution >= 0.6 is 0 Å². The maximum atomic E-state index is 12.2. The molecule has 2 aliphatic heterocycles. The van der Waals surface area contributed by atoms with Gasteiger partial charge in [-0.15, -0.1) is 0 Å². The highest BCUT2D eigenvalue weighted by Crippen LogP contribution is 2.33. The van der Waals surface area contributed by atoms with Crippen LogP contribution in [0.15, 0.2) is 0 Å². The molecule has 5 unspecified atom stereocenters. The molecule has 2 heterocycles. The largest absolute Gasteiger partial charge is 0.367 e. The summed E-state index contributed by atoms with van der Waals surface area (Å²) in [5.41, 5.74) is 5.22. The Hall–Kier alpha value is -1.14. The third-order valence-electron chi connectivity index (χ3n) is 5.11. The van der Waals surface area contributed by atoms with Crippen molar-refractivity contribution >= 4 is 11.8 Å². The van der Waals surface area contributed by atoms with Crippen LogP contribution in [0.4, 0.5) is 0 Å². The molecule has 4 N–H and O–H groups in total. The molecular formula is C15H25N3O3. The first kappa shape index (κ1) is 14.8. The first-order valence-corrected chi connectivity index (χ1v) is 8.12. The second-order valence-corrected chi connectivity index (χ2v) is 6.58. The van der Waals surface area contributed by atoms with E-state index in [0.717, 1.165) is 12.8 Å². The summed E-state index contributed by atoms with van der Waals surface area (Å²) >= 11 is 0. The Labute approximate surface area is 125 Å². The van der Waals surface area contributed by atoms with E-state index < -0.39 is 12.0 Å². The summed E-state index contributed by atoms with van der Waals surface area (Å²) in [5.74, 6) is 0.317. The molecule has 21 heavy (non-hydrogen) atoms. The summed E-state index contributed by atoms with van der Waals surface area (Å²) in [6, 6.07) is 0.461. The molecule has 6 nitrogen and oxygen atoms in total. The number of fused-ring (bicyclic) bond motifs is 1. The van der Waals surface area contributed by atoms with Crippen LogP contribution in [-0.2, 0) is 14.3 Å². The van der Waals surface area contributed by atoms with E-state index in [1.54, 1.807) is 0 Å². The van der Waals surface area contributed by atoms with Gasteiger partial charge in [-0.25, -0.2) is 0 Å². The molecule has 3 aliphatic rings. The smallest absolute Gasteiger partial charge is 0.246 e. The van der Waals surface area contributed by atoms with E-state index >= 15 is 0 Å². The number of nitrogens with one attached hydrogen (secondary N) is 2. The lowest BCUT2D eigenvalue weighted by molar-refractivity contribution is -0.129. The Morgan fingerprint density at radius 3 is 2.71 bits per heavy atom. The van der Waals surface area contributed by atoms with Crippen molar-refractivity contribution in [3.8, 4) is 0 Å². The van der Waals surface area contributed by atoms with Crippen LogP contribution in [0.25, 0.3) is 0 Å². The van der Waals surface area contributed by atoms with Crippen LogP contribution in [0.5, 0.6) is 0 Å². The van der Waals surface area contributed by atoms with E-state index in [1.165, 1.54) is 25.7 Å². The summed E-state index contributed by atoms with van der Waals surface area (Å²) in [4.78, 5) is 23.3. The topological polar surface area (TPSA) is 93.5 Å². The van der Waals surface area contributed by atoms with Crippen molar-refractivity contribution in [2.45, 2.75) is 69.2 Å². The van der Waals surface area contributed by atoms with E-state index in [1.807, 2.05) is 0 Å². The monoisotopic (exact) mass is 295 g/mol. The molecule has 2 saturated heterocycles. The fourth-order valence-corrected chi connectivity index (χ4v) is 3.92. The van der Waals surface area contributed by atoms with Crippen molar-refractivity contribution in [2.24, 2.45) is 11.7 Å². The van der Waals surface area contributed by atoms with Crippen molar-refractivity contribution in [2.75, 3.05) is 6.54 Å². The Bertz CT molecular complexity index is 401. The van der Waals surface area contributed by atoms with Gasteiger partial charge in [0.25, 0.3) is 0 Å². The number of rotatable bonds is 4. The van der Waals surface area contributed by atoms with Crippen molar-refractivity contribution < 1.29 is 14.3 Å². The highest BCUT2D eigenvalue weighted by atomic mass is 16.5. The maximum absolute atomic E-state index is 12.2. The Morgan fingerprint density at radius 1 is 1.19 bits per heavy atom. The van der Waals surface area contributed by atoms with Gasteiger partial charge in [-0.2, -0.15) is 0 Å². The summed E-state index contributed by atoms with van der Waals surface area (Å²) in [5, 5.41) is 6.43. The highest BCUT2D eigenvalue weighted by molar-refractivity contribution is 5.82. The van der Waals surface area contributed by atoms with Gasteiger partial charge < -0.3 is 21.1 Å². The van der Waals surface area contributed by atoms with Crippen LogP contribution in [-0.4, -0.2) is 42.7 Å². The molecule has 0 aromatic rings. The van der Waals surface area contributed by atoms with Gasteiger partial charge >= 0.3 is 0 Å². The number of amides is 2. The zero-order chi connectivity index (χ0) is 14.8. The number of carbonyl (C=O) groups excluding carboxylic acids is 2. The minimum atomic E-state index is -0.487. The molecule has 0 radical (unpaired) electrons. The van der Waals surface area contributed by atoms with Gasteiger partial charge in [0, 0.05) is 12.6 Å². The maximum Gasteiger partial charge on any atom is 0.246 e. The summed E-state index contributed by atoms with van der Waals surface area (Å²) < 4.78 is 5.52. The van der Waals surface area contributed by atoms with Crippen LogP contribution < -0.4 is 16.4 Å². The Morgan fingerprint density at radius 2 is 2.00 bits per heavy atom. The van der Waals surface area contributed by atoms with Gasteiger partial charge in [0.2, 0.25) is 11.8 Å². The average molecular weight is 295 g/mol. The van der Waals surface area contributed by atoms with Gasteiger partial charge in [0.15, 0.2) is 0 Å². The first-order valence-electron chi connectivity index (χ1n) is 8.12. The quantitative estimate of drug-likeness (QED) is 0.683. The minimum Gasteiger partial charge on any atom is -0.367 e. The second-order valence-electron chi connectivity index (χ2n) is 6.58. The molecular weight excluding hydrogens is 270 g/mol. The predicted octanol–water partition coefficient (Wildman–Crippen LogP) is 0.0562. The molecule has 0 spiro atoms. The van der Waals surface area contributed by atoms with E-state index in [4.69, 9.17) is 10.5 Å². The molecule has 118 valence electrons. The average Bonchev–Trinajstić information content (AvgIpc) is 3.11. The van der Waals surface area contributed by atoms with E-state index in [0.29, 0.717) is 24.9 Å². The lowest BCUT2D eigenvalue weighted by atomic mass is 9.85. The van der Waals surface area contributed by atoms with Crippen molar-refractivity contribution in [3.63, 3.8) is 0 Å². The molecule has 2 amide bonds. The molecule has 5 atom stereocenters. The fraction of sp³-hybridized carbons (Fsp3) is 0.867.